The molecule has 0 bridgehead atoms. The van der Waals surface area contributed by atoms with Gasteiger partial charge >= 0.3 is 5.76 Å². The minimum Gasteiger partial charge on any atom is -0.364 e. The maximum absolute atomic E-state index is 11.6. The molecule has 8 heteroatoms. The predicted molar refractivity (Wildman–Crippen MR) is 123 cm³/mol. The van der Waals surface area contributed by atoms with Crippen molar-refractivity contribution in [3.63, 3.8) is 0 Å². The summed E-state index contributed by atoms with van der Waals surface area (Å²) in [5.41, 5.74) is 11.4. The van der Waals surface area contributed by atoms with E-state index in [4.69, 9.17) is 10.3 Å². The van der Waals surface area contributed by atoms with Crippen LogP contribution in [0.15, 0.2) is 94.6 Å². The second kappa shape index (κ2) is 8.43. The molecule has 162 valence electrons. The van der Waals surface area contributed by atoms with Gasteiger partial charge in [0.05, 0.1) is 12.5 Å². The van der Waals surface area contributed by atoms with Crippen molar-refractivity contribution in [2.75, 3.05) is 0 Å². The molecule has 33 heavy (non-hydrogen) atoms. The molecule has 0 aliphatic rings. The molecule has 2 heterocycles. The molecule has 3 N–H and O–H groups in total. The van der Waals surface area contributed by atoms with E-state index >= 15 is 0 Å². The average molecular weight is 437 g/mol. The lowest BCUT2D eigenvalue weighted by Gasteiger charge is -2.12. The molecule has 0 spiro atoms. The van der Waals surface area contributed by atoms with Crippen molar-refractivity contribution in [2.45, 2.75) is 6.54 Å². The van der Waals surface area contributed by atoms with Crippen molar-refractivity contribution in [1.82, 2.24) is 19.7 Å². The molecular formula is C25H19N5O3. The fourth-order valence-electron chi connectivity index (χ4n) is 3.78. The Morgan fingerprint density at radius 1 is 0.939 bits per heavy atom. The lowest BCUT2D eigenvalue weighted by molar-refractivity contribution is 0.0992. The number of hydrogen-bond donors (Lipinski definition) is 2. The highest BCUT2D eigenvalue weighted by molar-refractivity contribution is 5.90. The summed E-state index contributed by atoms with van der Waals surface area (Å²) in [6.45, 7) is 0.464. The smallest absolute Gasteiger partial charge is 0.364 e. The molecule has 5 rings (SSSR count). The van der Waals surface area contributed by atoms with Gasteiger partial charge in [-0.25, -0.2) is 9.78 Å². The van der Waals surface area contributed by atoms with Crippen LogP contribution in [0.3, 0.4) is 0 Å². The van der Waals surface area contributed by atoms with Gasteiger partial charge in [0.2, 0.25) is 0 Å². The number of benzene rings is 3. The third-order valence-electron chi connectivity index (χ3n) is 5.40. The zero-order valence-corrected chi connectivity index (χ0v) is 17.4. The van der Waals surface area contributed by atoms with E-state index in [0.717, 1.165) is 33.4 Å². The molecule has 0 fully saturated rings. The normalized spacial score (nSPS) is 10.9. The molecule has 0 aliphatic heterocycles. The molecule has 8 nitrogen and oxygen atoms in total. The lowest BCUT2D eigenvalue weighted by Crippen LogP contribution is -2.16. The molecule has 0 saturated heterocycles. The molecule has 0 radical (unpaired) electrons. The largest absolute Gasteiger partial charge is 0.439 e. The SMILES string of the molecule is NC(=O)c1cncn1Cc1ccc(-c2cc(-c3ccccc3)ccc2-c2noc(=O)[nH]2)cc1. The number of aromatic nitrogens is 4. The zero-order chi connectivity index (χ0) is 22.8. The summed E-state index contributed by atoms with van der Waals surface area (Å²) in [6.07, 6.45) is 3.03. The Hall–Kier alpha value is -4.72. The van der Waals surface area contributed by atoms with Crippen LogP contribution in [0, 0.1) is 0 Å². The first-order valence-electron chi connectivity index (χ1n) is 10.2. The first-order valence-corrected chi connectivity index (χ1v) is 10.2. The van der Waals surface area contributed by atoms with Crippen molar-refractivity contribution in [2.24, 2.45) is 5.73 Å². The van der Waals surface area contributed by atoms with E-state index in [1.807, 2.05) is 66.7 Å². The van der Waals surface area contributed by atoms with Gasteiger partial charge in [-0.1, -0.05) is 65.8 Å². The number of imidazole rings is 1. The van der Waals surface area contributed by atoms with Gasteiger partial charge in [0.15, 0.2) is 5.82 Å². The Kier molecular flexibility index (Phi) is 5.16. The fourth-order valence-corrected chi connectivity index (χ4v) is 3.78. The van der Waals surface area contributed by atoms with Gasteiger partial charge in [0.25, 0.3) is 5.91 Å². The van der Waals surface area contributed by atoms with E-state index in [1.165, 1.54) is 6.20 Å². The van der Waals surface area contributed by atoms with Gasteiger partial charge < -0.3 is 10.3 Å². The standard InChI is InChI=1S/C25H19N5O3/c26-23(31)22-13-27-15-30(22)14-16-6-8-18(9-7-16)21-12-19(17-4-2-1-3-5-17)10-11-20(21)24-28-25(32)33-29-24/h1-13,15H,14H2,(H2,26,31)(H,28,29,32). The predicted octanol–water partition coefficient (Wildman–Crippen LogP) is 3.71. The van der Waals surface area contributed by atoms with Crippen molar-refractivity contribution in [3.05, 3.63) is 107 Å². The highest BCUT2D eigenvalue weighted by Crippen LogP contribution is 2.34. The molecule has 0 atom stereocenters. The number of carbonyl (C=O) groups is 1. The number of hydrogen-bond acceptors (Lipinski definition) is 5. The van der Waals surface area contributed by atoms with Gasteiger partial charge in [-0.2, -0.15) is 0 Å². The van der Waals surface area contributed by atoms with Crippen LogP contribution in [-0.4, -0.2) is 25.6 Å². The summed E-state index contributed by atoms with van der Waals surface area (Å²) in [4.78, 5) is 29.7. The third kappa shape index (κ3) is 4.09. The fraction of sp³-hybridized carbons (Fsp3) is 0.0400. The molecular weight excluding hydrogens is 418 g/mol. The molecule has 0 unspecified atom stereocenters. The Morgan fingerprint density at radius 2 is 1.70 bits per heavy atom. The van der Waals surface area contributed by atoms with Gasteiger partial charge in [-0.05, 0) is 39.9 Å². The monoisotopic (exact) mass is 437 g/mol. The van der Waals surface area contributed by atoms with E-state index in [1.54, 1.807) is 10.9 Å². The average Bonchev–Trinajstić information content (AvgIpc) is 3.49. The zero-order valence-electron chi connectivity index (χ0n) is 17.4. The summed E-state index contributed by atoms with van der Waals surface area (Å²) < 4.78 is 6.43. The van der Waals surface area contributed by atoms with Crippen molar-refractivity contribution in [3.8, 4) is 33.6 Å². The van der Waals surface area contributed by atoms with Crippen LogP contribution < -0.4 is 11.5 Å². The second-order valence-electron chi connectivity index (χ2n) is 7.54. The number of primary amides is 1. The number of amides is 1. The summed E-state index contributed by atoms with van der Waals surface area (Å²) in [5, 5.41) is 3.87. The van der Waals surface area contributed by atoms with Crippen LogP contribution in [0.4, 0.5) is 0 Å². The third-order valence-corrected chi connectivity index (χ3v) is 5.40. The first-order chi connectivity index (χ1) is 16.1. The number of H-pyrrole nitrogens is 1. The summed E-state index contributed by atoms with van der Waals surface area (Å²) in [5.74, 6) is -0.764. The van der Waals surface area contributed by atoms with E-state index in [9.17, 15) is 9.59 Å². The molecule has 0 aliphatic carbocycles. The molecule has 1 amide bonds. The van der Waals surface area contributed by atoms with Crippen LogP contribution in [-0.2, 0) is 6.54 Å². The number of nitrogens with two attached hydrogens (primary N) is 1. The maximum Gasteiger partial charge on any atom is 0.439 e. The summed E-state index contributed by atoms with van der Waals surface area (Å²) in [6, 6.07) is 23.9. The van der Waals surface area contributed by atoms with Gasteiger partial charge in [-0.15, -0.1) is 0 Å². The van der Waals surface area contributed by atoms with E-state index in [0.29, 0.717) is 18.1 Å². The maximum atomic E-state index is 11.6. The van der Waals surface area contributed by atoms with Crippen molar-refractivity contribution in [1.29, 1.82) is 0 Å². The Balaban J connectivity index is 1.54. The number of nitrogens with one attached hydrogen (secondary N) is 1. The molecule has 3 aromatic carbocycles. The number of nitrogens with zero attached hydrogens (tertiary/aromatic N) is 3. The van der Waals surface area contributed by atoms with Crippen LogP contribution in [0.25, 0.3) is 33.6 Å². The van der Waals surface area contributed by atoms with Crippen LogP contribution in [0.5, 0.6) is 0 Å². The van der Waals surface area contributed by atoms with Gasteiger partial charge in [0, 0.05) is 12.1 Å². The van der Waals surface area contributed by atoms with Gasteiger partial charge in [0.1, 0.15) is 5.69 Å². The highest BCUT2D eigenvalue weighted by Gasteiger charge is 2.14. The second-order valence-corrected chi connectivity index (χ2v) is 7.54. The summed E-state index contributed by atoms with van der Waals surface area (Å²) >= 11 is 0. The minimum absolute atomic E-state index is 0.354. The Bertz CT molecular complexity index is 1480. The van der Waals surface area contributed by atoms with E-state index in [-0.39, 0.29) is 0 Å². The van der Waals surface area contributed by atoms with Crippen LogP contribution in [0.1, 0.15) is 16.1 Å². The van der Waals surface area contributed by atoms with E-state index < -0.39 is 11.7 Å². The molecule has 0 saturated carbocycles. The topological polar surface area (TPSA) is 120 Å². The summed E-state index contributed by atoms with van der Waals surface area (Å²) in [7, 11) is 0. The van der Waals surface area contributed by atoms with Crippen molar-refractivity contribution >= 4 is 5.91 Å². The number of carbonyl (C=O) groups excluding carboxylic acids is 1. The quantitative estimate of drug-likeness (QED) is 0.420. The molecule has 5 aromatic rings. The lowest BCUT2D eigenvalue weighted by atomic mass is 9.93. The minimum atomic E-state index is -0.607. The van der Waals surface area contributed by atoms with Crippen LogP contribution in [0.2, 0.25) is 0 Å². The van der Waals surface area contributed by atoms with Crippen molar-refractivity contribution < 1.29 is 9.32 Å². The number of aromatic amines is 1. The van der Waals surface area contributed by atoms with Crippen LogP contribution >= 0.6 is 0 Å². The Morgan fingerprint density at radius 3 is 2.39 bits per heavy atom. The molecule has 2 aromatic heterocycles. The highest BCUT2D eigenvalue weighted by atomic mass is 16.5. The first kappa shape index (κ1) is 20.2. The van der Waals surface area contributed by atoms with Gasteiger partial charge in [-0.3, -0.25) is 14.3 Å². The van der Waals surface area contributed by atoms with E-state index in [2.05, 4.69) is 21.2 Å². The Labute approximate surface area is 188 Å². The number of rotatable bonds is 6.